The number of hydrogen-bond donors (Lipinski definition) is 0. The minimum absolute atomic E-state index is 0.0232. The quantitative estimate of drug-likeness (QED) is 0.576. The average Bonchev–Trinajstić information content (AvgIpc) is 2.91. The van der Waals surface area contributed by atoms with Gasteiger partial charge in [0.2, 0.25) is 0 Å². The van der Waals surface area contributed by atoms with E-state index in [1.54, 1.807) is 23.0 Å². The minimum atomic E-state index is -0.0561. The molecule has 0 saturated carbocycles. The highest BCUT2D eigenvalue weighted by Crippen LogP contribution is 2.38. The third kappa shape index (κ3) is 2.39. The molecule has 1 aliphatic carbocycles. The molecule has 1 aromatic carbocycles. The van der Waals surface area contributed by atoms with Crippen LogP contribution < -0.4 is 5.56 Å². The molecule has 1 aliphatic rings. The molecule has 0 fully saturated rings. The van der Waals surface area contributed by atoms with Crippen molar-refractivity contribution in [2.75, 3.05) is 20.6 Å². The third-order valence-electron chi connectivity index (χ3n) is 4.71. The van der Waals surface area contributed by atoms with Crippen molar-refractivity contribution in [2.45, 2.75) is 13.0 Å². The number of rotatable bonds is 4. The summed E-state index contributed by atoms with van der Waals surface area (Å²) in [5.41, 5.74) is 2.79. The Bertz CT molecular complexity index is 1050. The smallest absolute Gasteiger partial charge is 0.259 e. The van der Waals surface area contributed by atoms with Gasteiger partial charge in [0.05, 0.1) is 16.6 Å². The third-order valence-corrected chi connectivity index (χ3v) is 4.71. The maximum Gasteiger partial charge on any atom is 0.259 e. The molecule has 0 unspecified atom stereocenters. The number of ketones is 1. The van der Waals surface area contributed by atoms with Gasteiger partial charge in [0.15, 0.2) is 5.78 Å². The van der Waals surface area contributed by atoms with Crippen LogP contribution in [0.1, 0.15) is 22.3 Å². The summed E-state index contributed by atoms with van der Waals surface area (Å²) in [6, 6.07) is 9.22. The van der Waals surface area contributed by atoms with Crippen LogP contribution in [0.2, 0.25) is 0 Å². The van der Waals surface area contributed by atoms with E-state index in [2.05, 4.69) is 9.88 Å². The van der Waals surface area contributed by atoms with Crippen LogP contribution in [0.5, 0.6) is 0 Å². The highest BCUT2D eigenvalue weighted by molar-refractivity contribution is 6.26. The summed E-state index contributed by atoms with van der Waals surface area (Å²) >= 11 is 0. The van der Waals surface area contributed by atoms with Crippen molar-refractivity contribution in [1.29, 1.82) is 0 Å². The molecule has 0 spiro atoms. The molecule has 0 bridgehead atoms. The van der Waals surface area contributed by atoms with Gasteiger partial charge in [-0.3, -0.25) is 14.6 Å². The van der Waals surface area contributed by atoms with Crippen LogP contribution in [0.3, 0.4) is 0 Å². The van der Waals surface area contributed by atoms with E-state index in [1.807, 2.05) is 38.4 Å². The molecular weight excluding hydrogens is 314 g/mol. The number of aromatic nitrogens is 2. The topological polar surface area (TPSA) is 55.2 Å². The highest BCUT2D eigenvalue weighted by Gasteiger charge is 2.32. The zero-order valence-electron chi connectivity index (χ0n) is 14.3. The van der Waals surface area contributed by atoms with Crippen LogP contribution in [-0.2, 0) is 6.54 Å². The summed E-state index contributed by atoms with van der Waals surface area (Å²) in [5.74, 6) is -0.0232. The van der Waals surface area contributed by atoms with E-state index < -0.39 is 0 Å². The van der Waals surface area contributed by atoms with Crippen LogP contribution >= 0.6 is 0 Å². The van der Waals surface area contributed by atoms with Crippen molar-refractivity contribution >= 4 is 16.6 Å². The van der Waals surface area contributed by atoms with E-state index in [1.165, 1.54) is 0 Å². The number of nitrogens with zero attached hydrogens (tertiary/aromatic N) is 3. The van der Waals surface area contributed by atoms with Gasteiger partial charge in [-0.2, -0.15) is 0 Å². The molecule has 3 aromatic rings. The lowest BCUT2D eigenvalue weighted by Gasteiger charge is -2.16. The first-order valence-corrected chi connectivity index (χ1v) is 8.39. The number of hydrogen-bond acceptors (Lipinski definition) is 4. The molecule has 25 heavy (non-hydrogen) atoms. The van der Waals surface area contributed by atoms with E-state index in [0.29, 0.717) is 28.4 Å². The first-order chi connectivity index (χ1) is 12.1. The number of fused-ring (bicyclic) bond motifs is 5. The number of pyridine rings is 2. The Labute approximate surface area is 145 Å². The molecule has 0 aliphatic heterocycles. The van der Waals surface area contributed by atoms with Gasteiger partial charge in [-0.15, -0.1) is 0 Å². The predicted molar refractivity (Wildman–Crippen MR) is 98.0 cm³/mol. The van der Waals surface area contributed by atoms with Gasteiger partial charge >= 0.3 is 0 Å². The fourth-order valence-electron chi connectivity index (χ4n) is 3.58. The molecule has 0 radical (unpaired) electrons. The molecule has 2 aromatic heterocycles. The van der Waals surface area contributed by atoms with Gasteiger partial charge in [0, 0.05) is 35.5 Å². The first-order valence-electron chi connectivity index (χ1n) is 8.39. The molecule has 0 saturated heterocycles. The predicted octanol–water partition coefficient (Wildman–Crippen LogP) is 2.56. The summed E-state index contributed by atoms with van der Waals surface area (Å²) < 4.78 is 1.77. The van der Waals surface area contributed by atoms with E-state index in [4.69, 9.17) is 0 Å². The second-order valence-electron chi connectivity index (χ2n) is 6.63. The van der Waals surface area contributed by atoms with Crippen LogP contribution in [-0.4, -0.2) is 40.9 Å². The second-order valence-corrected chi connectivity index (χ2v) is 6.63. The molecule has 4 rings (SSSR count). The van der Waals surface area contributed by atoms with Crippen molar-refractivity contribution in [3.05, 3.63) is 64.2 Å². The van der Waals surface area contributed by atoms with Gasteiger partial charge in [-0.25, -0.2) is 0 Å². The second kappa shape index (κ2) is 5.93. The van der Waals surface area contributed by atoms with Gasteiger partial charge in [0.25, 0.3) is 5.56 Å². The standard InChI is InChI=1S/C20H19N3O2/c1-22(2)10-5-11-23-18-13-6-3-4-7-14(13)19(24)17(18)16-12-21-9-8-15(16)20(23)25/h3-4,6-9,12H,5,10-11H2,1-2H3. The Morgan fingerprint density at radius 1 is 1.04 bits per heavy atom. The van der Waals surface area contributed by atoms with E-state index in [9.17, 15) is 9.59 Å². The lowest BCUT2D eigenvalue weighted by molar-refractivity contribution is 0.104. The first kappa shape index (κ1) is 15.7. The Balaban J connectivity index is 2.01. The summed E-state index contributed by atoms with van der Waals surface area (Å²) in [5, 5.41) is 1.20. The Morgan fingerprint density at radius 2 is 1.80 bits per heavy atom. The highest BCUT2D eigenvalue weighted by atomic mass is 16.1. The Hall–Kier alpha value is -2.79. The molecule has 0 N–H and O–H groups in total. The lowest BCUT2D eigenvalue weighted by atomic mass is 10.0. The normalized spacial score (nSPS) is 12.7. The Kier molecular flexibility index (Phi) is 3.73. The SMILES string of the molecule is CN(C)CCCn1c2c(c3cnccc3c1=O)C(=O)c1ccccc1-2. The van der Waals surface area contributed by atoms with Crippen molar-refractivity contribution in [1.82, 2.24) is 14.5 Å². The molecule has 0 atom stereocenters. The summed E-state index contributed by atoms with van der Waals surface area (Å²) in [7, 11) is 4.02. The molecule has 5 heteroatoms. The maximum absolute atomic E-state index is 13.1. The zero-order chi connectivity index (χ0) is 17.6. The van der Waals surface area contributed by atoms with Gasteiger partial charge in [-0.05, 0) is 33.1 Å². The number of carbonyl (C=O) groups excluding carboxylic acids is 1. The molecule has 126 valence electrons. The maximum atomic E-state index is 13.1. The lowest BCUT2D eigenvalue weighted by Crippen LogP contribution is -2.25. The average molecular weight is 333 g/mol. The molecular formula is C20H19N3O2. The monoisotopic (exact) mass is 333 g/mol. The van der Waals surface area contributed by atoms with Gasteiger partial charge < -0.3 is 9.47 Å². The molecule has 5 nitrogen and oxygen atoms in total. The summed E-state index contributed by atoms with van der Waals surface area (Å²) in [4.78, 5) is 32.3. The number of benzene rings is 1. The fourth-order valence-corrected chi connectivity index (χ4v) is 3.58. The van der Waals surface area contributed by atoms with Crippen LogP contribution in [0.15, 0.2) is 47.5 Å². The van der Waals surface area contributed by atoms with Crippen LogP contribution in [0, 0.1) is 0 Å². The summed E-state index contributed by atoms with van der Waals surface area (Å²) in [6.07, 6.45) is 4.07. The van der Waals surface area contributed by atoms with E-state index in [0.717, 1.165) is 24.2 Å². The molecule has 0 amide bonds. The summed E-state index contributed by atoms with van der Waals surface area (Å²) in [6.45, 7) is 1.46. The van der Waals surface area contributed by atoms with Crippen molar-refractivity contribution < 1.29 is 4.79 Å². The van der Waals surface area contributed by atoms with Crippen molar-refractivity contribution in [3.8, 4) is 11.3 Å². The zero-order valence-corrected chi connectivity index (χ0v) is 14.3. The minimum Gasteiger partial charge on any atom is -0.309 e. The van der Waals surface area contributed by atoms with Crippen molar-refractivity contribution in [3.63, 3.8) is 0 Å². The van der Waals surface area contributed by atoms with Crippen LogP contribution in [0.25, 0.3) is 22.0 Å². The largest absolute Gasteiger partial charge is 0.309 e. The van der Waals surface area contributed by atoms with Crippen molar-refractivity contribution in [2.24, 2.45) is 0 Å². The van der Waals surface area contributed by atoms with Gasteiger partial charge in [-0.1, -0.05) is 24.3 Å². The fraction of sp³-hybridized carbons (Fsp3) is 0.250. The van der Waals surface area contributed by atoms with E-state index in [-0.39, 0.29) is 11.3 Å². The van der Waals surface area contributed by atoms with Gasteiger partial charge in [0.1, 0.15) is 0 Å². The molecule has 2 heterocycles. The van der Waals surface area contributed by atoms with Crippen LogP contribution in [0.4, 0.5) is 0 Å². The Morgan fingerprint density at radius 3 is 2.56 bits per heavy atom. The van der Waals surface area contributed by atoms with E-state index >= 15 is 0 Å². The number of carbonyl (C=O) groups is 1.